The summed E-state index contributed by atoms with van der Waals surface area (Å²) in [5, 5.41) is 2.81. The maximum atomic E-state index is 12.8. The minimum absolute atomic E-state index is 0.0270. The van der Waals surface area contributed by atoms with Crippen molar-refractivity contribution in [1.29, 1.82) is 0 Å². The van der Waals surface area contributed by atoms with Crippen molar-refractivity contribution in [2.45, 2.75) is 6.18 Å². The third-order valence-corrected chi connectivity index (χ3v) is 3.05. The first-order valence-corrected chi connectivity index (χ1v) is 6.94. The Morgan fingerprint density at radius 2 is 2.00 bits per heavy atom. The van der Waals surface area contributed by atoms with Gasteiger partial charge in [-0.05, 0) is 18.2 Å². The number of carbonyl (C=O) groups excluding carboxylic acids is 1. The third-order valence-electron chi connectivity index (χ3n) is 2.81. The molecule has 0 unspecified atom stereocenters. The number of aromatic nitrogens is 1. The third kappa shape index (κ3) is 4.85. The predicted molar refractivity (Wildman–Crippen MR) is 78.5 cm³/mol. The van der Waals surface area contributed by atoms with Gasteiger partial charge < -0.3 is 10.1 Å². The molecule has 0 bridgehead atoms. The average Bonchev–Trinajstić information content (AvgIpc) is 2.50. The predicted octanol–water partition coefficient (Wildman–Crippen LogP) is 3.56. The number of hydrogen-bond acceptors (Lipinski definition) is 3. The Bertz CT molecular complexity index is 692. The van der Waals surface area contributed by atoms with E-state index in [1.54, 1.807) is 6.07 Å². The summed E-state index contributed by atoms with van der Waals surface area (Å²) in [5.74, 6) is -0.553. The van der Waals surface area contributed by atoms with E-state index in [2.05, 4.69) is 10.3 Å². The zero-order valence-corrected chi connectivity index (χ0v) is 12.5. The summed E-state index contributed by atoms with van der Waals surface area (Å²) in [6, 6.07) is 7.65. The molecule has 2 rings (SSSR count). The van der Waals surface area contributed by atoms with Crippen LogP contribution in [0.5, 0.6) is 5.88 Å². The van der Waals surface area contributed by atoms with Crippen LogP contribution in [0.1, 0.15) is 15.9 Å². The fourth-order valence-electron chi connectivity index (χ4n) is 1.81. The van der Waals surface area contributed by atoms with Gasteiger partial charge in [-0.2, -0.15) is 13.2 Å². The minimum atomic E-state index is -4.59. The average molecular weight is 345 g/mol. The molecule has 1 heterocycles. The molecule has 8 heteroatoms. The number of carbonyl (C=O) groups is 1. The SMILES string of the molecule is O=C(NCCOc1cc(Cl)ccn1)c1ccccc1C(F)(F)F. The Balaban J connectivity index is 1.91. The van der Waals surface area contributed by atoms with Gasteiger partial charge in [0, 0.05) is 17.3 Å². The highest BCUT2D eigenvalue weighted by atomic mass is 35.5. The van der Waals surface area contributed by atoms with Crippen LogP contribution < -0.4 is 10.1 Å². The number of nitrogens with one attached hydrogen (secondary N) is 1. The van der Waals surface area contributed by atoms with Crippen LogP contribution in [0, 0.1) is 0 Å². The molecule has 0 aliphatic heterocycles. The number of ether oxygens (including phenoxy) is 1. The monoisotopic (exact) mass is 344 g/mol. The van der Waals surface area contributed by atoms with Gasteiger partial charge in [0.05, 0.1) is 17.7 Å². The van der Waals surface area contributed by atoms with Gasteiger partial charge in [-0.25, -0.2) is 4.98 Å². The summed E-state index contributed by atoms with van der Waals surface area (Å²) in [4.78, 5) is 15.8. The minimum Gasteiger partial charge on any atom is -0.476 e. The first-order chi connectivity index (χ1) is 10.9. The van der Waals surface area contributed by atoms with Gasteiger partial charge in [0.1, 0.15) is 6.61 Å². The number of amides is 1. The highest BCUT2D eigenvalue weighted by Crippen LogP contribution is 2.31. The van der Waals surface area contributed by atoms with Crippen LogP contribution in [-0.2, 0) is 6.18 Å². The van der Waals surface area contributed by atoms with Gasteiger partial charge >= 0.3 is 6.18 Å². The van der Waals surface area contributed by atoms with Crippen LogP contribution in [-0.4, -0.2) is 24.0 Å². The lowest BCUT2D eigenvalue weighted by molar-refractivity contribution is -0.137. The number of pyridine rings is 1. The van der Waals surface area contributed by atoms with Crippen molar-refractivity contribution in [2.24, 2.45) is 0 Å². The Labute approximate surface area is 135 Å². The van der Waals surface area contributed by atoms with E-state index in [0.29, 0.717) is 5.02 Å². The van der Waals surface area contributed by atoms with Gasteiger partial charge in [0.2, 0.25) is 5.88 Å². The molecule has 1 N–H and O–H groups in total. The van der Waals surface area contributed by atoms with E-state index in [9.17, 15) is 18.0 Å². The van der Waals surface area contributed by atoms with Crippen molar-refractivity contribution < 1.29 is 22.7 Å². The fraction of sp³-hybridized carbons (Fsp3) is 0.200. The van der Waals surface area contributed by atoms with E-state index in [1.165, 1.54) is 24.4 Å². The second kappa shape index (κ2) is 7.32. The molecular weight excluding hydrogens is 333 g/mol. The standard InChI is InChI=1S/C15H12ClF3N2O2/c16-10-5-6-20-13(9-10)23-8-7-21-14(22)11-3-1-2-4-12(11)15(17,18)19/h1-6,9H,7-8H2,(H,21,22). The molecule has 0 spiro atoms. The molecule has 23 heavy (non-hydrogen) atoms. The van der Waals surface area contributed by atoms with Crippen LogP contribution in [0.25, 0.3) is 0 Å². The summed E-state index contributed by atoms with van der Waals surface area (Å²) in [6.45, 7) is 0.0759. The molecule has 122 valence electrons. The lowest BCUT2D eigenvalue weighted by Gasteiger charge is -2.12. The lowest BCUT2D eigenvalue weighted by atomic mass is 10.1. The van der Waals surface area contributed by atoms with Crippen molar-refractivity contribution in [3.8, 4) is 5.88 Å². The number of rotatable bonds is 5. The van der Waals surface area contributed by atoms with Crippen molar-refractivity contribution in [3.05, 3.63) is 58.7 Å². The Morgan fingerprint density at radius 3 is 2.70 bits per heavy atom. The number of benzene rings is 1. The van der Waals surface area contributed by atoms with E-state index >= 15 is 0 Å². The molecule has 0 saturated carbocycles. The second-order valence-electron chi connectivity index (χ2n) is 4.46. The summed E-state index contributed by atoms with van der Waals surface area (Å²) >= 11 is 5.75. The van der Waals surface area contributed by atoms with E-state index in [1.807, 2.05) is 0 Å². The van der Waals surface area contributed by atoms with Crippen LogP contribution in [0.15, 0.2) is 42.6 Å². The van der Waals surface area contributed by atoms with Crippen molar-refractivity contribution >= 4 is 17.5 Å². The zero-order chi connectivity index (χ0) is 16.9. The lowest BCUT2D eigenvalue weighted by Crippen LogP contribution is -2.30. The number of alkyl halides is 3. The van der Waals surface area contributed by atoms with Gasteiger partial charge in [0.25, 0.3) is 5.91 Å². The number of halogens is 4. The molecule has 0 radical (unpaired) electrons. The first-order valence-electron chi connectivity index (χ1n) is 6.56. The number of nitrogens with zero attached hydrogens (tertiary/aromatic N) is 1. The molecule has 4 nitrogen and oxygen atoms in total. The van der Waals surface area contributed by atoms with Crippen molar-refractivity contribution in [3.63, 3.8) is 0 Å². The summed E-state index contributed by atoms with van der Waals surface area (Å²) in [5.41, 5.74) is -1.41. The van der Waals surface area contributed by atoms with Gasteiger partial charge in [0.15, 0.2) is 0 Å². The largest absolute Gasteiger partial charge is 0.476 e. The molecular formula is C15H12ClF3N2O2. The number of hydrogen-bond donors (Lipinski definition) is 1. The zero-order valence-electron chi connectivity index (χ0n) is 11.7. The molecule has 2 aromatic rings. The molecule has 0 aliphatic rings. The van der Waals surface area contributed by atoms with Crippen LogP contribution in [0.3, 0.4) is 0 Å². The van der Waals surface area contributed by atoms with E-state index in [4.69, 9.17) is 16.3 Å². The smallest absolute Gasteiger partial charge is 0.417 e. The van der Waals surface area contributed by atoms with Crippen molar-refractivity contribution in [2.75, 3.05) is 13.2 Å². The van der Waals surface area contributed by atoms with Gasteiger partial charge in [-0.3, -0.25) is 4.79 Å². The van der Waals surface area contributed by atoms with Crippen LogP contribution >= 0.6 is 11.6 Å². The van der Waals surface area contributed by atoms with E-state index < -0.39 is 23.2 Å². The summed E-state index contributed by atoms with van der Waals surface area (Å²) in [6.07, 6.45) is -3.13. The summed E-state index contributed by atoms with van der Waals surface area (Å²) in [7, 11) is 0. The highest BCUT2D eigenvalue weighted by Gasteiger charge is 2.34. The van der Waals surface area contributed by atoms with Crippen LogP contribution in [0.2, 0.25) is 5.02 Å². The summed E-state index contributed by atoms with van der Waals surface area (Å²) < 4.78 is 43.7. The maximum absolute atomic E-state index is 12.8. The quantitative estimate of drug-likeness (QED) is 0.844. The molecule has 0 saturated heterocycles. The molecule has 0 fully saturated rings. The first kappa shape index (κ1) is 17.1. The Kier molecular flexibility index (Phi) is 5.44. The Hall–Kier alpha value is -2.28. The topological polar surface area (TPSA) is 51.2 Å². The fourth-order valence-corrected chi connectivity index (χ4v) is 1.96. The molecule has 0 aliphatic carbocycles. The van der Waals surface area contributed by atoms with Gasteiger partial charge in [-0.15, -0.1) is 0 Å². The van der Waals surface area contributed by atoms with Gasteiger partial charge in [-0.1, -0.05) is 23.7 Å². The van der Waals surface area contributed by atoms with E-state index in [-0.39, 0.29) is 19.0 Å². The second-order valence-corrected chi connectivity index (χ2v) is 4.90. The molecule has 0 atom stereocenters. The highest BCUT2D eigenvalue weighted by molar-refractivity contribution is 6.30. The normalized spacial score (nSPS) is 11.1. The maximum Gasteiger partial charge on any atom is 0.417 e. The Morgan fingerprint density at radius 1 is 1.26 bits per heavy atom. The van der Waals surface area contributed by atoms with Crippen LogP contribution in [0.4, 0.5) is 13.2 Å². The van der Waals surface area contributed by atoms with Crippen molar-refractivity contribution in [1.82, 2.24) is 10.3 Å². The molecule has 1 amide bonds. The molecule has 1 aromatic carbocycles. The van der Waals surface area contributed by atoms with E-state index in [0.717, 1.165) is 12.1 Å². The molecule has 1 aromatic heterocycles.